The second kappa shape index (κ2) is 9.98. The van der Waals surface area contributed by atoms with Crippen molar-refractivity contribution in [2.24, 2.45) is 0 Å². The summed E-state index contributed by atoms with van der Waals surface area (Å²) in [5.74, 6) is 0. The Morgan fingerprint density at radius 3 is 1.48 bits per heavy atom. The van der Waals surface area contributed by atoms with Crippen LogP contribution in [-0.4, -0.2) is 8.55 Å². The van der Waals surface area contributed by atoms with Crippen LogP contribution in [0, 0.1) is 0 Å². The predicted octanol–water partition coefficient (Wildman–Crippen LogP) is 6.26. The quantitative estimate of drug-likeness (QED) is 0.253. The molecular weight excluding hydrogens is 402 g/mol. The van der Waals surface area contributed by atoms with Crippen molar-refractivity contribution in [3.63, 3.8) is 0 Å². The number of hydrogen-bond acceptors (Lipinski definition) is 0. The topological polar surface area (TPSA) is 0 Å². The van der Waals surface area contributed by atoms with Crippen molar-refractivity contribution in [3.8, 4) is 0 Å². The van der Waals surface area contributed by atoms with Gasteiger partial charge in [-0.15, -0.1) is 59.3 Å². The molecule has 0 aliphatic heterocycles. The average Bonchev–Trinajstić information content (AvgIpc) is 3.24. The van der Waals surface area contributed by atoms with Crippen molar-refractivity contribution < 1.29 is 24.2 Å². The standard InChI is InChI=1S/2C9H7.C2H2Cl2.Zr/c2*1-2-5-9-7-3-6-8(9)4-1;1-2(3)4;/h2*1-7H;1-2H;/q2*-1;;+2. The first kappa shape index (κ1) is 18.3. The first-order valence-electron chi connectivity index (χ1n) is 7.20. The average molecular weight is 418 g/mol. The molecule has 0 amide bonds. The second-order valence-corrected chi connectivity index (χ2v) is 6.79. The van der Waals surface area contributed by atoms with E-state index in [0.29, 0.717) is 0 Å². The second-order valence-electron chi connectivity index (χ2n) is 4.81. The normalized spacial score (nSPS) is 9.96. The van der Waals surface area contributed by atoms with Crippen LogP contribution < -0.4 is 0 Å². The molecule has 0 nitrogen and oxygen atoms in total. The molecule has 0 unspecified atom stereocenters. The summed E-state index contributed by atoms with van der Waals surface area (Å²) in [4.78, 5) is -0.256. The number of benzene rings is 2. The monoisotopic (exact) mass is 416 g/mol. The third-order valence-corrected chi connectivity index (χ3v) is 5.33. The zero-order valence-corrected chi connectivity index (χ0v) is 16.5. The van der Waals surface area contributed by atoms with Crippen molar-refractivity contribution >= 4 is 48.5 Å². The third kappa shape index (κ3) is 6.18. The Morgan fingerprint density at radius 1 is 0.739 bits per heavy atom. The van der Waals surface area contributed by atoms with Gasteiger partial charge in [0.2, 0.25) is 0 Å². The molecular formula is C20H16Cl2Zr. The van der Waals surface area contributed by atoms with Gasteiger partial charge in [0.25, 0.3) is 0 Å². The maximum Gasteiger partial charge on any atom is -0.0809 e. The fourth-order valence-corrected chi connectivity index (χ4v) is 2.14. The molecule has 0 radical (unpaired) electrons. The van der Waals surface area contributed by atoms with Crippen molar-refractivity contribution in [1.82, 2.24) is 0 Å². The van der Waals surface area contributed by atoms with E-state index < -0.39 is 0 Å². The first-order valence-corrected chi connectivity index (χ1v) is 9.49. The van der Waals surface area contributed by atoms with E-state index in [1.54, 1.807) is 3.71 Å². The molecule has 0 aromatic heterocycles. The molecule has 4 aromatic carbocycles. The Morgan fingerprint density at radius 2 is 1.13 bits per heavy atom. The summed E-state index contributed by atoms with van der Waals surface area (Å²) in [5, 5.41) is 5.32. The van der Waals surface area contributed by atoms with Gasteiger partial charge in [0.1, 0.15) is 0 Å². The van der Waals surface area contributed by atoms with E-state index in [1.165, 1.54) is 45.8 Å². The number of alkyl halides is 2. The van der Waals surface area contributed by atoms with Crippen molar-refractivity contribution in [1.29, 1.82) is 0 Å². The van der Waals surface area contributed by atoms with E-state index in [4.69, 9.17) is 23.2 Å². The number of halogens is 2. The van der Waals surface area contributed by atoms with E-state index in [-0.39, 0.29) is 4.84 Å². The van der Waals surface area contributed by atoms with Gasteiger partial charge in [0, 0.05) is 0 Å². The van der Waals surface area contributed by atoms with Gasteiger partial charge in [-0.05, 0) is 0 Å². The SMILES string of the molecule is ClC(Cl)[CH]=[Zr+2].c1ccc2[cH-]ccc2c1.c1ccc2[cH-]ccc2c1. The van der Waals surface area contributed by atoms with Crippen LogP contribution >= 0.6 is 23.2 Å². The molecule has 114 valence electrons. The smallest absolute Gasteiger partial charge is 0.0809 e. The number of rotatable bonds is 1. The van der Waals surface area contributed by atoms with Gasteiger partial charge in [-0.2, -0.15) is 35.0 Å². The van der Waals surface area contributed by atoms with Gasteiger partial charge in [-0.3, -0.25) is 0 Å². The Balaban J connectivity index is 0.000000132. The maximum absolute atomic E-state index is 5.19. The Kier molecular flexibility index (Phi) is 7.96. The number of hydrogen-bond donors (Lipinski definition) is 0. The van der Waals surface area contributed by atoms with Crippen LogP contribution in [0.4, 0.5) is 0 Å². The fraction of sp³-hybridized carbons (Fsp3) is 0.0500. The minimum atomic E-state index is -0.256. The molecule has 0 fully saturated rings. The van der Waals surface area contributed by atoms with Gasteiger partial charge >= 0.3 is 56.0 Å². The minimum Gasteiger partial charge on any atom is -0.168 e. The summed E-state index contributed by atoms with van der Waals surface area (Å²) in [6.45, 7) is 0. The summed E-state index contributed by atoms with van der Waals surface area (Å²) in [5.41, 5.74) is 0. The summed E-state index contributed by atoms with van der Waals surface area (Å²) in [6, 6.07) is 29.3. The van der Waals surface area contributed by atoms with Gasteiger partial charge in [-0.1, -0.05) is 12.1 Å². The Hall–Kier alpha value is -1.01. The van der Waals surface area contributed by atoms with Gasteiger partial charge < -0.3 is 0 Å². The van der Waals surface area contributed by atoms with Crippen molar-refractivity contribution in [2.45, 2.75) is 4.84 Å². The zero-order valence-electron chi connectivity index (χ0n) is 12.5. The molecule has 0 aliphatic carbocycles. The van der Waals surface area contributed by atoms with Crippen LogP contribution in [-0.2, 0) is 24.2 Å². The number of fused-ring (bicyclic) bond motifs is 2. The van der Waals surface area contributed by atoms with E-state index >= 15 is 0 Å². The van der Waals surface area contributed by atoms with Crippen LogP contribution in [0.1, 0.15) is 0 Å². The van der Waals surface area contributed by atoms with Crippen LogP contribution in [0.25, 0.3) is 21.5 Å². The molecule has 0 saturated carbocycles. The molecule has 4 aromatic rings. The van der Waals surface area contributed by atoms with Crippen LogP contribution in [0.15, 0.2) is 84.9 Å². The molecule has 3 heteroatoms. The molecule has 0 atom stereocenters. The third-order valence-electron chi connectivity index (χ3n) is 3.22. The summed E-state index contributed by atoms with van der Waals surface area (Å²) in [6.07, 6.45) is 0. The fourth-order valence-electron chi connectivity index (χ4n) is 2.14. The van der Waals surface area contributed by atoms with Crippen molar-refractivity contribution in [2.75, 3.05) is 0 Å². The van der Waals surface area contributed by atoms with Crippen molar-refractivity contribution in [3.05, 3.63) is 84.9 Å². The van der Waals surface area contributed by atoms with E-state index in [0.717, 1.165) is 0 Å². The van der Waals surface area contributed by atoms with Gasteiger partial charge in [0.15, 0.2) is 0 Å². The largest absolute Gasteiger partial charge is 0.168 e. The summed E-state index contributed by atoms with van der Waals surface area (Å²) in [7, 11) is 0. The van der Waals surface area contributed by atoms with Crippen LogP contribution in [0.3, 0.4) is 0 Å². The van der Waals surface area contributed by atoms with E-state index in [1.807, 2.05) is 0 Å². The minimum absolute atomic E-state index is 0.256. The molecule has 0 saturated heterocycles. The first-order chi connectivity index (χ1) is 11.2. The Labute approximate surface area is 161 Å². The predicted molar refractivity (Wildman–Crippen MR) is 101 cm³/mol. The molecule has 0 bridgehead atoms. The van der Waals surface area contributed by atoms with Gasteiger partial charge in [-0.25, -0.2) is 0 Å². The molecule has 0 spiro atoms. The maximum atomic E-state index is 5.19. The Bertz CT molecular complexity index is 716. The molecule has 0 aliphatic rings. The molecule has 4 rings (SSSR count). The van der Waals surface area contributed by atoms with Crippen LogP contribution in [0.5, 0.6) is 0 Å². The molecule has 23 heavy (non-hydrogen) atoms. The van der Waals surface area contributed by atoms with E-state index in [2.05, 4.69) is 84.9 Å². The molecule has 0 heterocycles. The van der Waals surface area contributed by atoms with Crippen LogP contribution in [0.2, 0.25) is 0 Å². The van der Waals surface area contributed by atoms with E-state index in [9.17, 15) is 0 Å². The molecule has 0 N–H and O–H groups in total. The summed E-state index contributed by atoms with van der Waals surface area (Å²) >= 11 is 11.7. The zero-order chi connectivity index (χ0) is 16.5. The van der Waals surface area contributed by atoms with Gasteiger partial charge in [0.05, 0.1) is 0 Å². The summed E-state index contributed by atoms with van der Waals surface area (Å²) < 4.78 is 1.79.